The monoisotopic (exact) mass is 413 g/mol. The second-order valence-electron chi connectivity index (χ2n) is 5.32. The minimum atomic E-state index is 0.670. The third-order valence-electron chi connectivity index (χ3n) is 3.98. The second kappa shape index (κ2) is 6.73. The van der Waals surface area contributed by atoms with E-state index in [9.17, 15) is 0 Å². The lowest BCUT2D eigenvalue weighted by Crippen LogP contribution is -2.36. The van der Waals surface area contributed by atoms with Gasteiger partial charge in [-0.3, -0.25) is 0 Å². The Morgan fingerprint density at radius 1 is 1.20 bits per heavy atom. The molecule has 1 N–H and O–H groups in total. The molecule has 1 aliphatic rings. The maximum Gasteiger partial charge on any atom is 0.0843 e. The normalized spacial score (nSPS) is 22.9. The molecule has 1 saturated heterocycles. The maximum absolute atomic E-state index is 3.63. The molecule has 1 nitrogen and oxygen atoms in total. The fourth-order valence-electron chi connectivity index (χ4n) is 2.97. The van der Waals surface area contributed by atoms with Crippen molar-refractivity contribution in [1.82, 2.24) is 5.32 Å². The van der Waals surface area contributed by atoms with Gasteiger partial charge in [0, 0.05) is 9.35 Å². The molecule has 2 unspecified atom stereocenters. The summed E-state index contributed by atoms with van der Waals surface area (Å²) in [5, 5.41) is 3.56. The highest BCUT2D eigenvalue weighted by Crippen LogP contribution is 2.41. The fourth-order valence-corrected chi connectivity index (χ4v) is 5.29. The molecule has 1 aromatic carbocycles. The van der Waals surface area contributed by atoms with Crippen LogP contribution >= 0.6 is 43.2 Å². The number of piperidine rings is 1. The van der Waals surface area contributed by atoms with Crippen LogP contribution in [0, 0.1) is 5.92 Å². The van der Waals surface area contributed by atoms with Crippen LogP contribution in [0.1, 0.15) is 22.8 Å². The highest BCUT2D eigenvalue weighted by atomic mass is 79.9. The molecular weight excluding hydrogens is 398 g/mol. The number of thiophene rings is 1. The van der Waals surface area contributed by atoms with Gasteiger partial charge in [0.1, 0.15) is 0 Å². The summed E-state index contributed by atoms with van der Waals surface area (Å²) in [7, 11) is 0. The lowest BCUT2D eigenvalue weighted by atomic mass is 9.81. The van der Waals surface area contributed by atoms with Gasteiger partial charge in [-0.05, 0) is 81.3 Å². The van der Waals surface area contributed by atoms with E-state index in [4.69, 9.17) is 0 Å². The first-order chi connectivity index (χ1) is 9.74. The quantitative estimate of drug-likeness (QED) is 0.726. The first-order valence-corrected chi connectivity index (χ1v) is 9.33. The van der Waals surface area contributed by atoms with E-state index in [-0.39, 0.29) is 0 Å². The van der Waals surface area contributed by atoms with Gasteiger partial charge in [-0.2, -0.15) is 0 Å². The predicted octanol–water partition coefficient (Wildman–Crippen LogP) is 5.21. The van der Waals surface area contributed by atoms with Crippen molar-refractivity contribution in [2.24, 2.45) is 5.92 Å². The van der Waals surface area contributed by atoms with Crippen LogP contribution in [0.4, 0.5) is 0 Å². The first-order valence-electron chi connectivity index (χ1n) is 6.93. The van der Waals surface area contributed by atoms with Crippen molar-refractivity contribution in [3.63, 3.8) is 0 Å². The van der Waals surface area contributed by atoms with Gasteiger partial charge in [-0.25, -0.2) is 0 Å². The summed E-state index contributed by atoms with van der Waals surface area (Å²) in [6.07, 6.45) is 2.39. The summed E-state index contributed by atoms with van der Waals surface area (Å²) >= 11 is 9.12. The van der Waals surface area contributed by atoms with Gasteiger partial charge in [-0.1, -0.05) is 30.3 Å². The van der Waals surface area contributed by atoms with E-state index < -0.39 is 0 Å². The number of benzene rings is 1. The van der Waals surface area contributed by atoms with Gasteiger partial charge >= 0.3 is 0 Å². The summed E-state index contributed by atoms with van der Waals surface area (Å²) < 4.78 is 2.40. The van der Waals surface area contributed by atoms with Crippen LogP contribution in [0.15, 0.2) is 44.7 Å². The lowest BCUT2D eigenvalue weighted by Gasteiger charge is -2.31. The fraction of sp³-hybridized carbons (Fsp3) is 0.375. The predicted molar refractivity (Wildman–Crippen MR) is 93.6 cm³/mol. The zero-order chi connectivity index (χ0) is 13.9. The number of hydrogen-bond acceptors (Lipinski definition) is 2. The van der Waals surface area contributed by atoms with Crippen molar-refractivity contribution in [1.29, 1.82) is 0 Å². The summed E-state index contributed by atoms with van der Waals surface area (Å²) in [4.78, 5) is 1.51. The third kappa shape index (κ3) is 3.35. The third-order valence-corrected chi connectivity index (χ3v) is 7.37. The largest absolute Gasteiger partial charge is 0.316 e. The van der Waals surface area contributed by atoms with E-state index in [1.54, 1.807) is 0 Å². The average Bonchev–Trinajstić information content (AvgIpc) is 2.80. The Morgan fingerprint density at radius 2 is 2.00 bits per heavy atom. The molecule has 0 spiro atoms. The molecule has 0 radical (unpaired) electrons. The summed E-state index contributed by atoms with van der Waals surface area (Å²) in [5.41, 5.74) is 1.45. The Kier molecular flexibility index (Phi) is 4.97. The Balaban J connectivity index is 1.80. The van der Waals surface area contributed by atoms with Crippen LogP contribution in [0.5, 0.6) is 0 Å². The van der Waals surface area contributed by atoms with Crippen LogP contribution in [-0.4, -0.2) is 13.1 Å². The van der Waals surface area contributed by atoms with E-state index in [0.29, 0.717) is 11.8 Å². The summed E-state index contributed by atoms with van der Waals surface area (Å²) in [6.45, 7) is 2.25. The smallest absolute Gasteiger partial charge is 0.0843 e. The Morgan fingerprint density at radius 3 is 2.70 bits per heavy atom. The number of nitrogens with one attached hydrogen (secondary N) is 1. The van der Waals surface area contributed by atoms with Crippen molar-refractivity contribution >= 4 is 43.2 Å². The minimum absolute atomic E-state index is 0.670. The minimum Gasteiger partial charge on any atom is -0.316 e. The topological polar surface area (TPSA) is 12.0 Å². The van der Waals surface area contributed by atoms with Gasteiger partial charge in [0.15, 0.2) is 0 Å². The maximum atomic E-state index is 3.63. The molecular formula is C16H17Br2NS. The number of hydrogen-bond donors (Lipinski definition) is 1. The first kappa shape index (κ1) is 14.8. The molecule has 0 amide bonds. The molecule has 1 fully saturated rings. The molecule has 1 aliphatic heterocycles. The second-order valence-corrected chi connectivity index (χ2v) is 8.58. The molecule has 0 bridgehead atoms. The Labute approximate surface area is 141 Å². The molecule has 20 heavy (non-hydrogen) atoms. The zero-order valence-electron chi connectivity index (χ0n) is 11.1. The number of halogens is 2. The lowest BCUT2D eigenvalue weighted by molar-refractivity contribution is 0.327. The summed E-state index contributed by atoms with van der Waals surface area (Å²) in [6, 6.07) is 13.1. The van der Waals surface area contributed by atoms with Crippen molar-refractivity contribution in [2.45, 2.75) is 18.8 Å². The van der Waals surface area contributed by atoms with Gasteiger partial charge in [0.05, 0.1) is 3.79 Å². The Bertz CT molecular complexity index is 548. The highest BCUT2D eigenvalue weighted by Gasteiger charge is 2.28. The van der Waals surface area contributed by atoms with Crippen LogP contribution in [0.2, 0.25) is 0 Å². The standard InChI is InChI=1S/C16H17Br2NS/c17-14-9-15(20-16(14)18)13-6-7-19-10-12(13)8-11-4-2-1-3-5-11/h1-5,9,12-13,19H,6-8,10H2. The van der Waals surface area contributed by atoms with Crippen molar-refractivity contribution in [2.75, 3.05) is 13.1 Å². The van der Waals surface area contributed by atoms with Gasteiger partial charge in [0.25, 0.3) is 0 Å². The molecule has 3 rings (SSSR count). The van der Waals surface area contributed by atoms with Gasteiger partial charge in [-0.15, -0.1) is 11.3 Å². The average molecular weight is 415 g/mol. The van der Waals surface area contributed by atoms with Crippen LogP contribution in [0.3, 0.4) is 0 Å². The molecule has 106 valence electrons. The van der Waals surface area contributed by atoms with Gasteiger partial charge < -0.3 is 5.32 Å². The zero-order valence-corrected chi connectivity index (χ0v) is 15.1. The van der Waals surface area contributed by atoms with E-state index in [0.717, 1.165) is 19.5 Å². The van der Waals surface area contributed by atoms with Gasteiger partial charge in [0.2, 0.25) is 0 Å². The molecule has 2 atom stereocenters. The molecule has 2 heterocycles. The van der Waals surface area contributed by atoms with Crippen LogP contribution in [0.25, 0.3) is 0 Å². The SMILES string of the molecule is Brc1cc(C2CCNCC2Cc2ccccc2)sc1Br. The molecule has 1 aromatic heterocycles. The van der Waals surface area contributed by atoms with E-state index in [1.165, 1.54) is 25.1 Å². The molecule has 4 heteroatoms. The molecule has 2 aromatic rings. The van der Waals surface area contributed by atoms with Crippen LogP contribution < -0.4 is 5.32 Å². The summed E-state index contributed by atoms with van der Waals surface area (Å²) in [5.74, 6) is 1.35. The van der Waals surface area contributed by atoms with E-state index in [2.05, 4.69) is 73.6 Å². The molecule has 0 saturated carbocycles. The highest BCUT2D eigenvalue weighted by molar-refractivity contribution is 9.13. The van der Waals surface area contributed by atoms with Crippen molar-refractivity contribution in [3.05, 3.63) is 55.1 Å². The van der Waals surface area contributed by atoms with Crippen molar-refractivity contribution in [3.8, 4) is 0 Å². The van der Waals surface area contributed by atoms with E-state index >= 15 is 0 Å². The Hall–Kier alpha value is -0.160. The van der Waals surface area contributed by atoms with Crippen molar-refractivity contribution < 1.29 is 0 Å². The molecule has 0 aliphatic carbocycles. The number of rotatable bonds is 3. The van der Waals surface area contributed by atoms with Crippen LogP contribution in [-0.2, 0) is 6.42 Å². The van der Waals surface area contributed by atoms with E-state index in [1.807, 2.05) is 11.3 Å².